The van der Waals surface area contributed by atoms with Gasteiger partial charge in [0, 0.05) is 24.2 Å². The van der Waals surface area contributed by atoms with Gasteiger partial charge in [-0.15, -0.1) is 0 Å². The summed E-state index contributed by atoms with van der Waals surface area (Å²) in [7, 11) is 1.56. The van der Waals surface area contributed by atoms with Crippen LogP contribution in [-0.2, 0) is 4.79 Å². The monoisotopic (exact) mass is 223 g/mol. The highest BCUT2D eigenvalue weighted by molar-refractivity contribution is 5.75. The summed E-state index contributed by atoms with van der Waals surface area (Å²) in [5.74, 6) is 0.277. The molecule has 1 atom stereocenters. The minimum absolute atomic E-state index is 0.0224. The number of hydrogen-bond acceptors (Lipinski definition) is 4. The Hall–Kier alpha value is -1.91. The van der Waals surface area contributed by atoms with E-state index in [1.165, 1.54) is 0 Å². The molecule has 1 rings (SSSR count). The van der Waals surface area contributed by atoms with Gasteiger partial charge in [-0.25, -0.2) is 0 Å². The van der Waals surface area contributed by atoms with Crippen molar-refractivity contribution in [2.75, 3.05) is 18.2 Å². The predicted molar refractivity (Wildman–Crippen MR) is 64.3 cm³/mol. The maximum Gasteiger partial charge on any atom is 0.219 e. The molecule has 16 heavy (non-hydrogen) atoms. The highest BCUT2D eigenvalue weighted by Crippen LogP contribution is 2.25. The number of carbonyl (C=O) groups excluding carboxylic acids is 1. The molecule has 0 fully saturated rings. The van der Waals surface area contributed by atoms with Gasteiger partial charge in [-0.1, -0.05) is 0 Å². The van der Waals surface area contributed by atoms with Crippen molar-refractivity contribution in [1.29, 1.82) is 0 Å². The van der Waals surface area contributed by atoms with Crippen LogP contribution in [0.3, 0.4) is 0 Å². The van der Waals surface area contributed by atoms with Crippen molar-refractivity contribution in [1.82, 2.24) is 0 Å². The quantitative estimate of drug-likeness (QED) is 0.648. The van der Waals surface area contributed by atoms with Crippen LogP contribution < -0.4 is 21.5 Å². The Balaban J connectivity index is 2.70. The van der Waals surface area contributed by atoms with Crippen LogP contribution in [0.4, 0.5) is 11.4 Å². The Morgan fingerprint density at radius 1 is 1.56 bits per heavy atom. The van der Waals surface area contributed by atoms with E-state index in [2.05, 4.69) is 5.32 Å². The van der Waals surface area contributed by atoms with E-state index in [-0.39, 0.29) is 18.4 Å². The maximum absolute atomic E-state index is 10.7. The SMILES string of the molecule is COc1cc(NC(C)CC(N)=O)ccc1N. The van der Waals surface area contributed by atoms with E-state index in [1.54, 1.807) is 19.2 Å². The van der Waals surface area contributed by atoms with E-state index >= 15 is 0 Å². The minimum atomic E-state index is -0.331. The smallest absolute Gasteiger partial charge is 0.219 e. The molecule has 0 aliphatic heterocycles. The molecule has 1 aromatic carbocycles. The highest BCUT2D eigenvalue weighted by atomic mass is 16.5. The molecule has 0 saturated carbocycles. The van der Waals surface area contributed by atoms with Gasteiger partial charge in [-0.05, 0) is 19.1 Å². The van der Waals surface area contributed by atoms with Crippen LogP contribution in [0.5, 0.6) is 5.75 Å². The summed E-state index contributed by atoms with van der Waals surface area (Å²) in [6.07, 6.45) is 0.284. The summed E-state index contributed by atoms with van der Waals surface area (Å²) in [6.45, 7) is 1.88. The largest absolute Gasteiger partial charge is 0.495 e. The zero-order valence-corrected chi connectivity index (χ0v) is 9.49. The Bertz CT molecular complexity index is 379. The first kappa shape index (κ1) is 12.2. The van der Waals surface area contributed by atoms with Crippen molar-refractivity contribution < 1.29 is 9.53 Å². The molecule has 5 heteroatoms. The lowest BCUT2D eigenvalue weighted by Crippen LogP contribution is -2.23. The first-order valence-corrected chi connectivity index (χ1v) is 5.01. The van der Waals surface area contributed by atoms with Crippen molar-refractivity contribution in [2.24, 2.45) is 5.73 Å². The molecule has 0 aromatic heterocycles. The lowest BCUT2D eigenvalue weighted by molar-refractivity contribution is -0.118. The van der Waals surface area contributed by atoms with Crippen molar-refractivity contribution in [3.63, 3.8) is 0 Å². The van der Waals surface area contributed by atoms with Gasteiger partial charge in [-0.2, -0.15) is 0 Å². The zero-order valence-electron chi connectivity index (χ0n) is 9.49. The van der Waals surface area contributed by atoms with E-state index in [4.69, 9.17) is 16.2 Å². The second-order valence-electron chi connectivity index (χ2n) is 3.67. The van der Waals surface area contributed by atoms with Crippen LogP contribution in [0.15, 0.2) is 18.2 Å². The zero-order chi connectivity index (χ0) is 12.1. The molecule has 0 radical (unpaired) electrons. The number of ether oxygens (including phenoxy) is 1. The third-order valence-corrected chi connectivity index (χ3v) is 2.15. The average Bonchev–Trinajstić information content (AvgIpc) is 2.19. The van der Waals surface area contributed by atoms with Crippen LogP contribution in [-0.4, -0.2) is 19.1 Å². The standard InChI is InChI=1S/C11H17N3O2/c1-7(5-11(13)15)14-8-3-4-9(12)10(6-8)16-2/h3-4,6-7,14H,5,12H2,1-2H3,(H2,13,15). The minimum Gasteiger partial charge on any atom is -0.495 e. The molecule has 0 heterocycles. The maximum atomic E-state index is 10.7. The fourth-order valence-corrected chi connectivity index (χ4v) is 1.44. The lowest BCUT2D eigenvalue weighted by atomic mass is 10.2. The second-order valence-corrected chi connectivity index (χ2v) is 3.67. The van der Waals surface area contributed by atoms with Crippen LogP contribution >= 0.6 is 0 Å². The van der Waals surface area contributed by atoms with Crippen molar-refractivity contribution >= 4 is 17.3 Å². The third kappa shape index (κ3) is 3.34. The molecule has 0 spiro atoms. The summed E-state index contributed by atoms with van der Waals surface area (Å²) in [4.78, 5) is 10.7. The summed E-state index contributed by atoms with van der Waals surface area (Å²) < 4.78 is 5.09. The molecule has 5 N–H and O–H groups in total. The van der Waals surface area contributed by atoms with Gasteiger partial charge in [-0.3, -0.25) is 4.79 Å². The van der Waals surface area contributed by atoms with Gasteiger partial charge in [0.1, 0.15) is 5.75 Å². The van der Waals surface area contributed by atoms with Gasteiger partial charge in [0.2, 0.25) is 5.91 Å². The number of carbonyl (C=O) groups is 1. The summed E-state index contributed by atoms with van der Waals surface area (Å²) >= 11 is 0. The van der Waals surface area contributed by atoms with Gasteiger partial charge < -0.3 is 21.5 Å². The van der Waals surface area contributed by atoms with Crippen LogP contribution in [0.25, 0.3) is 0 Å². The number of benzene rings is 1. The van der Waals surface area contributed by atoms with Crippen LogP contribution in [0, 0.1) is 0 Å². The Morgan fingerprint density at radius 3 is 2.81 bits per heavy atom. The van der Waals surface area contributed by atoms with Gasteiger partial charge in [0.25, 0.3) is 0 Å². The molecule has 0 aliphatic rings. The van der Waals surface area contributed by atoms with Crippen molar-refractivity contribution in [3.05, 3.63) is 18.2 Å². The van der Waals surface area contributed by atoms with Crippen LogP contribution in [0.2, 0.25) is 0 Å². The van der Waals surface area contributed by atoms with Gasteiger partial charge >= 0.3 is 0 Å². The third-order valence-electron chi connectivity index (χ3n) is 2.15. The molecule has 0 saturated heterocycles. The molecule has 0 aliphatic carbocycles. The number of primary amides is 1. The number of hydrogen-bond donors (Lipinski definition) is 3. The van der Waals surface area contributed by atoms with Crippen molar-refractivity contribution in [2.45, 2.75) is 19.4 Å². The van der Waals surface area contributed by atoms with Gasteiger partial charge in [0.05, 0.1) is 12.8 Å². The Morgan fingerprint density at radius 2 is 2.25 bits per heavy atom. The Labute approximate surface area is 94.8 Å². The van der Waals surface area contributed by atoms with E-state index in [9.17, 15) is 4.79 Å². The number of rotatable bonds is 5. The van der Waals surface area contributed by atoms with E-state index in [1.807, 2.05) is 13.0 Å². The lowest BCUT2D eigenvalue weighted by Gasteiger charge is -2.14. The van der Waals surface area contributed by atoms with Crippen LogP contribution in [0.1, 0.15) is 13.3 Å². The fraction of sp³-hybridized carbons (Fsp3) is 0.364. The number of amides is 1. The first-order valence-electron chi connectivity index (χ1n) is 5.01. The van der Waals surface area contributed by atoms with Crippen molar-refractivity contribution in [3.8, 4) is 5.75 Å². The summed E-state index contributed by atoms with van der Waals surface area (Å²) in [6, 6.07) is 5.34. The number of methoxy groups -OCH3 is 1. The normalized spacial score (nSPS) is 11.9. The van der Waals surface area contributed by atoms with E-state index in [0.717, 1.165) is 5.69 Å². The molecule has 5 nitrogen and oxygen atoms in total. The summed E-state index contributed by atoms with van der Waals surface area (Å²) in [5.41, 5.74) is 12.2. The summed E-state index contributed by atoms with van der Waals surface area (Å²) in [5, 5.41) is 3.14. The predicted octanol–water partition coefficient (Wildman–Crippen LogP) is 0.953. The van der Waals surface area contributed by atoms with E-state index < -0.39 is 0 Å². The molecular formula is C11H17N3O2. The molecular weight excluding hydrogens is 206 g/mol. The molecule has 1 unspecified atom stereocenters. The second kappa shape index (κ2) is 5.25. The molecule has 1 aromatic rings. The molecule has 0 bridgehead atoms. The van der Waals surface area contributed by atoms with Gasteiger partial charge in [0.15, 0.2) is 0 Å². The van der Waals surface area contributed by atoms with E-state index in [0.29, 0.717) is 11.4 Å². The number of nitrogens with one attached hydrogen (secondary N) is 1. The molecule has 88 valence electrons. The number of nitrogen functional groups attached to an aromatic ring is 1. The first-order chi connectivity index (χ1) is 7.52. The average molecular weight is 223 g/mol. The number of anilines is 2. The molecule has 1 amide bonds. The highest BCUT2D eigenvalue weighted by Gasteiger charge is 2.07. The Kier molecular flexibility index (Phi) is 3.99. The fourth-order valence-electron chi connectivity index (χ4n) is 1.44. The number of nitrogens with two attached hydrogens (primary N) is 2. The topological polar surface area (TPSA) is 90.4 Å².